The van der Waals surface area contributed by atoms with Crippen molar-refractivity contribution < 1.29 is 14.6 Å². The number of fused-ring (bicyclic) bond motifs is 1. The molecule has 1 aromatic rings. The number of ether oxygens (including phenoxy) is 2. The van der Waals surface area contributed by atoms with Gasteiger partial charge < -0.3 is 19.9 Å². The molecule has 23 heavy (non-hydrogen) atoms. The van der Waals surface area contributed by atoms with E-state index < -0.39 is 12.1 Å². The zero-order valence-corrected chi connectivity index (χ0v) is 13.0. The van der Waals surface area contributed by atoms with E-state index in [4.69, 9.17) is 15.0 Å². The van der Waals surface area contributed by atoms with Gasteiger partial charge in [0.2, 0.25) is 6.79 Å². The molecule has 0 bridgehead atoms. The van der Waals surface area contributed by atoms with Gasteiger partial charge in [-0.2, -0.15) is 0 Å². The van der Waals surface area contributed by atoms with Gasteiger partial charge in [0, 0.05) is 17.5 Å². The molecule has 1 aliphatic heterocycles. The van der Waals surface area contributed by atoms with E-state index in [2.05, 4.69) is 15.3 Å². The molecule has 0 radical (unpaired) electrons. The minimum atomic E-state index is -0.878. The molecule has 2 atom stereocenters. The maximum atomic E-state index is 10.6. The van der Waals surface area contributed by atoms with Crippen LogP contribution >= 0.6 is 0 Å². The van der Waals surface area contributed by atoms with Gasteiger partial charge in [0.15, 0.2) is 11.5 Å². The number of nitrogens with zero attached hydrogens (tertiary/aromatic N) is 3. The number of rotatable bonds is 6. The highest BCUT2D eigenvalue weighted by Gasteiger charge is 2.24. The number of benzene rings is 1. The summed E-state index contributed by atoms with van der Waals surface area (Å²) < 4.78 is 10.6. The summed E-state index contributed by atoms with van der Waals surface area (Å²) in [6.45, 7) is 0.655. The lowest BCUT2D eigenvalue weighted by atomic mass is 9.95. The monoisotopic (exact) mass is 318 g/mol. The molecule has 7 nitrogen and oxygen atoms in total. The lowest BCUT2D eigenvalue weighted by Gasteiger charge is -2.26. The van der Waals surface area contributed by atoms with Gasteiger partial charge in [0.05, 0.1) is 12.1 Å². The molecular weight excluding hydrogens is 296 g/mol. The summed E-state index contributed by atoms with van der Waals surface area (Å²) in [4.78, 5) is 2.89. The molecule has 0 saturated heterocycles. The van der Waals surface area contributed by atoms with Gasteiger partial charge in [0.1, 0.15) is 0 Å². The van der Waals surface area contributed by atoms with Crippen molar-refractivity contribution in [3.63, 3.8) is 0 Å². The van der Waals surface area contributed by atoms with Gasteiger partial charge >= 0.3 is 0 Å². The van der Waals surface area contributed by atoms with E-state index in [1.807, 2.05) is 0 Å². The minimum absolute atomic E-state index is 0.192. The Morgan fingerprint density at radius 2 is 2.04 bits per heavy atom. The number of hydrogen-bond acceptors (Lipinski definition) is 5. The Hall–Kier alpha value is -1.95. The summed E-state index contributed by atoms with van der Waals surface area (Å²) in [5, 5.41) is 17.8. The van der Waals surface area contributed by atoms with Gasteiger partial charge in [-0.1, -0.05) is 30.4 Å². The number of azide groups is 1. The SMILES string of the molecule is [N-]=[N+]=NC(CNC1CCCCC1)C(O)c1ccc2c(c1)OCO2. The van der Waals surface area contributed by atoms with E-state index in [0.29, 0.717) is 29.6 Å². The van der Waals surface area contributed by atoms with Crippen LogP contribution in [0.1, 0.15) is 43.8 Å². The second-order valence-corrected chi connectivity index (χ2v) is 6.07. The van der Waals surface area contributed by atoms with E-state index >= 15 is 0 Å². The van der Waals surface area contributed by atoms with Crippen LogP contribution in [0.15, 0.2) is 23.3 Å². The Balaban J connectivity index is 1.65. The van der Waals surface area contributed by atoms with Gasteiger partial charge in [-0.05, 0) is 36.1 Å². The van der Waals surface area contributed by atoms with Gasteiger partial charge in [-0.25, -0.2) is 0 Å². The van der Waals surface area contributed by atoms with Gasteiger partial charge in [-0.3, -0.25) is 0 Å². The maximum absolute atomic E-state index is 10.6. The lowest BCUT2D eigenvalue weighted by Crippen LogP contribution is -2.38. The van der Waals surface area contributed by atoms with Crippen LogP contribution in [0.4, 0.5) is 0 Å². The zero-order valence-electron chi connectivity index (χ0n) is 13.0. The fourth-order valence-electron chi connectivity index (χ4n) is 3.20. The van der Waals surface area contributed by atoms with Crippen LogP contribution in [0.25, 0.3) is 10.4 Å². The molecule has 0 aromatic heterocycles. The molecule has 1 aromatic carbocycles. The topological polar surface area (TPSA) is 99.5 Å². The molecule has 3 rings (SSSR count). The van der Waals surface area contributed by atoms with Crippen LogP contribution in [-0.4, -0.2) is 30.5 Å². The Bertz CT molecular complexity index is 583. The molecule has 2 N–H and O–H groups in total. The molecule has 1 fully saturated rings. The molecule has 1 aliphatic carbocycles. The highest BCUT2D eigenvalue weighted by molar-refractivity contribution is 5.45. The molecular formula is C16H22N4O3. The average Bonchev–Trinajstić information content (AvgIpc) is 3.06. The summed E-state index contributed by atoms with van der Waals surface area (Å²) in [6, 6.07) is 5.18. The van der Waals surface area contributed by atoms with Crippen molar-refractivity contribution in [2.24, 2.45) is 5.11 Å². The summed E-state index contributed by atoms with van der Waals surface area (Å²) in [5.74, 6) is 1.28. The number of nitrogens with one attached hydrogen (secondary N) is 1. The first kappa shape index (κ1) is 15.9. The second-order valence-electron chi connectivity index (χ2n) is 6.07. The fourth-order valence-corrected chi connectivity index (χ4v) is 3.20. The molecule has 124 valence electrons. The van der Waals surface area contributed by atoms with E-state index in [1.54, 1.807) is 18.2 Å². The van der Waals surface area contributed by atoms with Crippen LogP contribution in [0.5, 0.6) is 11.5 Å². The van der Waals surface area contributed by atoms with E-state index in [1.165, 1.54) is 19.3 Å². The van der Waals surface area contributed by atoms with Crippen molar-refractivity contribution in [1.29, 1.82) is 0 Å². The second kappa shape index (κ2) is 7.55. The van der Waals surface area contributed by atoms with Crippen LogP contribution in [-0.2, 0) is 0 Å². The highest BCUT2D eigenvalue weighted by atomic mass is 16.7. The molecule has 1 saturated carbocycles. The predicted molar refractivity (Wildman–Crippen MR) is 85.3 cm³/mol. The highest BCUT2D eigenvalue weighted by Crippen LogP contribution is 2.35. The van der Waals surface area contributed by atoms with Crippen LogP contribution in [0, 0.1) is 0 Å². The number of aliphatic hydroxyl groups is 1. The summed E-state index contributed by atoms with van der Waals surface area (Å²) in [5.41, 5.74) is 9.46. The molecule has 2 unspecified atom stereocenters. The van der Waals surface area contributed by atoms with Crippen molar-refractivity contribution in [3.8, 4) is 11.5 Å². The zero-order chi connectivity index (χ0) is 16.1. The molecule has 1 heterocycles. The standard InChI is InChI=1S/C16H22N4O3/c17-20-19-13(9-18-12-4-2-1-3-5-12)16(21)11-6-7-14-15(8-11)23-10-22-14/h6-8,12-13,16,18,21H,1-5,9-10H2. The largest absolute Gasteiger partial charge is 0.454 e. The quantitative estimate of drug-likeness (QED) is 0.478. The predicted octanol–water partition coefficient (Wildman–Crippen LogP) is 3.05. The minimum Gasteiger partial charge on any atom is -0.454 e. The van der Waals surface area contributed by atoms with E-state index in [0.717, 1.165) is 12.8 Å². The first-order valence-electron chi connectivity index (χ1n) is 8.13. The van der Waals surface area contributed by atoms with Crippen LogP contribution < -0.4 is 14.8 Å². The van der Waals surface area contributed by atoms with E-state index in [9.17, 15) is 5.11 Å². The smallest absolute Gasteiger partial charge is 0.231 e. The first-order chi connectivity index (χ1) is 11.3. The lowest BCUT2D eigenvalue weighted by molar-refractivity contribution is 0.142. The normalized spacial score (nSPS) is 19.9. The number of aliphatic hydroxyl groups excluding tert-OH is 1. The van der Waals surface area contributed by atoms with Crippen molar-refractivity contribution in [1.82, 2.24) is 5.32 Å². The van der Waals surface area contributed by atoms with E-state index in [-0.39, 0.29) is 6.79 Å². The van der Waals surface area contributed by atoms with Crippen molar-refractivity contribution in [2.75, 3.05) is 13.3 Å². The first-order valence-corrected chi connectivity index (χ1v) is 8.13. The number of hydrogen-bond donors (Lipinski definition) is 2. The third kappa shape index (κ3) is 3.88. The van der Waals surface area contributed by atoms with Crippen molar-refractivity contribution in [2.45, 2.75) is 50.3 Å². The van der Waals surface area contributed by atoms with Gasteiger partial charge in [0.25, 0.3) is 0 Å². The van der Waals surface area contributed by atoms with Crippen LogP contribution in [0.2, 0.25) is 0 Å². The molecule has 2 aliphatic rings. The average molecular weight is 318 g/mol. The Kier molecular flexibility index (Phi) is 5.23. The Labute approximate surface area is 135 Å². The van der Waals surface area contributed by atoms with Crippen LogP contribution in [0.3, 0.4) is 0 Å². The third-order valence-electron chi connectivity index (χ3n) is 4.52. The summed E-state index contributed by atoms with van der Waals surface area (Å²) in [7, 11) is 0. The van der Waals surface area contributed by atoms with Gasteiger partial charge in [-0.15, -0.1) is 0 Å². The maximum Gasteiger partial charge on any atom is 0.231 e. The molecule has 7 heteroatoms. The Morgan fingerprint density at radius 1 is 1.26 bits per heavy atom. The molecule has 0 spiro atoms. The Morgan fingerprint density at radius 3 is 2.83 bits per heavy atom. The third-order valence-corrected chi connectivity index (χ3v) is 4.52. The van der Waals surface area contributed by atoms with Crippen molar-refractivity contribution in [3.05, 3.63) is 34.2 Å². The summed E-state index contributed by atoms with van der Waals surface area (Å²) in [6.07, 6.45) is 5.16. The van der Waals surface area contributed by atoms with Crippen molar-refractivity contribution >= 4 is 0 Å². The fraction of sp³-hybridized carbons (Fsp3) is 0.625. The molecule has 0 amide bonds. The summed E-state index contributed by atoms with van der Waals surface area (Å²) >= 11 is 0.